The number of rotatable bonds is 55. The van der Waals surface area contributed by atoms with Gasteiger partial charge in [-0.05, 0) is 77.0 Å². The van der Waals surface area contributed by atoms with Gasteiger partial charge in [-0.25, -0.2) is 4.57 Å². The molecule has 0 saturated heterocycles. The predicted molar refractivity (Wildman–Crippen MR) is 298 cm³/mol. The van der Waals surface area contributed by atoms with Crippen LogP contribution in [0.5, 0.6) is 0 Å². The first-order chi connectivity index (χ1) is 35.2. The van der Waals surface area contributed by atoms with Crippen molar-refractivity contribution in [1.29, 1.82) is 0 Å². The van der Waals surface area contributed by atoms with Gasteiger partial charge in [0.15, 0.2) is 6.10 Å². The Kier molecular flexibility index (Phi) is 52.7. The van der Waals surface area contributed by atoms with E-state index in [1.165, 1.54) is 109 Å². The largest absolute Gasteiger partial charge is 0.472 e. The molecule has 0 fully saturated rings. The standard InChI is InChI=1S/C60H109O11P/c1-4-7-10-13-16-19-22-25-27-28-30-33-36-39-42-45-48-51-60(64)71-57(53-67-58(62)49-46-43-40-37-34-31-24-21-18-15-12-9-6-3)55-69-72(65,66)68-54-56(52-61)70-59(63)50-47-44-41-38-35-32-29-26-23-20-17-14-11-8-5-2/h8,11,17,20-21,24,26,29,56-57,61H,4-7,9-10,12-16,18-19,22-23,25,27-28,30-55H2,1-3H3,(H,65,66)/b11-8-,20-17-,24-21-,29-26-. The van der Waals surface area contributed by atoms with E-state index in [9.17, 15) is 28.9 Å². The van der Waals surface area contributed by atoms with Gasteiger partial charge in [-0.15, -0.1) is 0 Å². The minimum absolute atomic E-state index is 0.159. The van der Waals surface area contributed by atoms with Gasteiger partial charge in [0.1, 0.15) is 12.7 Å². The molecule has 0 amide bonds. The molecular weight excluding hydrogens is 928 g/mol. The van der Waals surface area contributed by atoms with Crippen LogP contribution in [0.3, 0.4) is 0 Å². The summed E-state index contributed by atoms with van der Waals surface area (Å²) in [5, 5.41) is 9.81. The van der Waals surface area contributed by atoms with E-state index in [0.29, 0.717) is 19.3 Å². The van der Waals surface area contributed by atoms with Gasteiger partial charge in [0.05, 0.1) is 19.8 Å². The van der Waals surface area contributed by atoms with Gasteiger partial charge in [-0.3, -0.25) is 23.4 Å². The lowest BCUT2D eigenvalue weighted by molar-refractivity contribution is -0.161. The number of carbonyl (C=O) groups excluding carboxylic acids is 3. The lowest BCUT2D eigenvalue weighted by atomic mass is 10.0. The van der Waals surface area contributed by atoms with Gasteiger partial charge in [-0.1, -0.05) is 230 Å². The summed E-state index contributed by atoms with van der Waals surface area (Å²) < 4.78 is 39.5. The van der Waals surface area contributed by atoms with Crippen LogP contribution in [0.15, 0.2) is 48.6 Å². The first-order valence-corrected chi connectivity index (χ1v) is 31.0. The summed E-state index contributed by atoms with van der Waals surface area (Å²) in [5.41, 5.74) is 0. The number of hydrogen-bond acceptors (Lipinski definition) is 10. The molecule has 11 nitrogen and oxygen atoms in total. The molecular formula is C60H109O11P. The summed E-state index contributed by atoms with van der Waals surface area (Å²) >= 11 is 0. The summed E-state index contributed by atoms with van der Waals surface area (Å²) in [6.07, 6.45) is 57.8. The Bertz CT molecular complexity index is 1400. The third-order valence-corrected chi connectivity index (χ3v) is 13.7. The zero-order chi connectivity index (χ0) is 52.7. The highest BCUT2D eigenvalue weighted by Crippen LogP contribution is 2.43. The fourth-order valence-electron chi connectivity index (χ4n) is 8.25. The monoisotopic (exact) mass is 1040 g/mol. The smallest absolute Gasteiger partial charge is 0.462 e. The van der Waals surface area contributed by atoms with Crippen molar-refractivity contribution < 1.29 is 52.2 Å². The van der Waals surface area contributed by atoms with Crippen molar-refractivity contribution in [2.24, 2.45) is 0 Å². The number of phosphoric acid groups is 1. The van der Waals surface area contributed by atoms with Crippen molar-refractivity contribution in [3.63, 3.8) is 0 Å². The summed E-state index contributed by atoms with van der Waals surface area (Å²) in [5.74, 6) is -1.48. The van der Waals surface area contributed by atoms with Crippen molar-refractivity contribution in [3.05, 3.63) is 48.6 Å². The average molecular weight is 1040 g/mol. The molecule has 0 aromatic rings. The fraction of sp³-hybridized carbons (Fsp3) is 0.817. The van der Waals surface area contributed by atoms with Crippen LogP contribution in [0.1, 0.15) is 278 Å². The molecule has 72 heavy (non-hydrogen) atoms. The van der Waals surface area contributed by atoms with Crippen molar-refractivity contribution in [3.8, 4) is 0 Å². The summed E-state index contributed by atoms with van der Waals surface area (Å²) in [4.78, 5) is 48.5. The van der Waals surface area contributed by atoms with Crippen LogP contribution in [-0.4, -0.2) is 66.5 Å². The van der Waals surface area contributed by atoms with E-state index in [4.69, 9.17) is 23.3 Å². The normalized spacial score (nSPS) is 13.7. The van der Waals surface area contributed by atoms with E-state index in [2.05, 4.69) is 69.4 Å². The molecule has 0 aliphatic heterocycles. The number of ether oxygens (including phenoxy) is 3. The molecule has 0 saturated carbocycles. The Morgan fingerprint density at radius 3 is 1.14 bits per heavy atom. The second-order valence-corrected chi connectivity index (χ2v) is 21.2. The van der Waals surface area contributed by atoms with E-state index in [1.54, 1.807) is 0 Å². The fourth-order valence-corrected chi connectivity index (χ4v) is 9.03. The van der Waals surface area contributed by atoms with Crippen molar-refractivity contribution in [2.75, 3.05) is 26.4 Å². The molecule has 0 aliphatic rings. The summed E-state index contributed by atoms with van der Waals surface area (Å²) in [6.45, 7) is 4.53. The number of aliphatic hydroxyl groups excluding tert-OH is 1. The Morgan fingerprint density at radius 1 is 0.403 bits per heavy atom. The van der Waals surface area contributed by atoms with Crippen LogP contribution in [0.2, 0.25) is 0 Å². The molecule has 0 aromatic heterocycles. The number of allylic oxidation sites excluding steroid dienone is 8. The van der Waals surface area contributed by atoms with Crippen molar-refractivity contribution in [2.45, 2.75) is 290 Å². The minimum atomic E-state index is -4.75. The number of unbranched alkanes of at least 4 members (excludes halogenated alkanes) is 30. The first kappa shape index (κ1) is 69.4. The zero-order valence-corrected chi connectivity index (χ0v) is 47.3. The van der Waals surface area contributed by atoms with Crippen LogP contribution in [-0.2, 0) is 42.2 Å². The predicted octanol–water partition coefficient (Wildman–Crippen LogP) is 17.4. The maximum absolute atomic E-state index is 12.9. The lowest BCUT2D eigenvalue weighted by Crippen LogP contribution is -2.30. The molecule has 420 valence electrons. The number of aliphatic hydroxyl groups is 1. The molecule has 3 atom stereocenters. The van der Waals surface area contributed by atoms with Gasteiger partial charge in [-0.2, -0.15) is 0 Å². The second kappa shape index (κ2) is 54.7. The topological polar surface area (TPSA) is 155 Å². The van der Waals surface area contributed by atoms with Gasteiger partial charge in [0.25, 0.3) is 0 Å². The highest BCUT2D eigenvalue weighted by atomic mass is 31.2. The summed E-state index contributed by atoms with van der Waals surface area (Å²) in [7, 11) is -4.75. The molecule has 0 radical (unpaired) electrons. The number of hydrogen-bond donors (Lipinski definition) is 2. The van der Waals surface area contributed by atoms with Crippen molar-refractivity contribution in [1.82, 2.24) is 0 Å². The molecule has 0 aliphatic carbocycles. The minimum Gasteiger partial charge on any atom is -0.462 e. The van der Waals surface area contributed by atoms with E-state index >= 15 is 0 Å². The first-order valence-electron chi connectivity index (χ1n) is 29.5. The molecule has 12 heteroatoms. The average Bonchev–Trinajstić information content (AvgIpc) is 3.37. The molecule has 0 heterocycles. The molecule has 3 unspecified atom stereocenters. The number of phosphoric ester groups is 1. The van der Waals surface area contributed by atoms with Crippen molar-refractivity contribution >= 4 is 25.7 Å². The second-order valence-electron chi connectivity index (χ2n) is 19.8. The van der Waals surface area contributed by atoms with Crippen LogP contribution in [0.25, 0.3) is 0 Å². The van der Waals surface area contributed by atoms with Crippen LogP contribution < -0.4 is 0 Å². The van der Waals surface area contributed by atoms with Crippen LogP contribution >= 0.6 is 7.82 Å². The molecule has 0 aromatic carbocycles. The molecule has 2 N–H and O–H groups in total. The molecule has 0 bridgehead atoms. The van der Waals surface area contributed by atoms with Gasteiger partial charge in [0.2, 0.25) is 0 Å². The SMILES string of the molecule is CC/C=C\C/C=C\C/C=C\CCCCCCCC(=O)OC(CO)COP(=O)(O)OCC(COC(=O)CCCCCCC/C=C\CCCCCC)OC(=O)CCCCCCCCCCCCCCCCCCC. The van der Waals surface area contributed by atoms with E-state index < -0.39 is 57.8 Å². The van der Waals surface area contributed by atoms with Gasteiger partial charge in [0, 0.05) is 19.3 Å². The van der Waals surface area contributed by atoms with Crippen LogP contribution in [0, 0.1) is 0 Å². The maximum atomic E-state index is 12.9. The maximum Gasteiger partial charge on any atom is 0.472 e. The summed E-state index contributed by atoms with van der Waals surface area (Å²) in [6, 6.07) is 0. The highest BCUT2D eigenvalue weighted by Gasteiger charge is 2.28. The number of carbonyl (C=O) groups is 3. The number of esters is 3. The van der Waals surface area contributed by atoms with Crippen LogP contribution in [0.4, 0.5) is 0 Å². The Morgan fingerprint density at radius 2 is 0.722 bits per heavy atom. The molecule has 0 rings (SSSR count). The Labute approximate surface area is 441 Å². The lowest BCUT2D eigenvalue weighted by Gasteiger charge is -2.21. The van der Waals surface area contributed by atoms with Gasteiger partial charge >= 0.3 is 25.7 Å². The molecule has 0 spiro atoms. The quantitative estimate of drug-likeness (QED) is 0.0197. The zero-order valence-electron chi connectivity index (χ0n) is 46.4. The Balaban J connectivity index is 4.70. The third kappa shape index (κ3) is 52.3. The Hall–Kier alpha value is -2.56. The van der Waals surface area contributed by atoms with E-state index in [-0.39, 0.29) is 25.9 Å². The highest BCUT2D eigenvalue weighted by molar-refractivity contribution is 7.47. The third-order valence-electron chi connectivity index (χ3n) is 12.7. The van der Waals surface area contributed by atoms with Gasteiger partial charge < -0.3 is 24.2 Å². The van der Waals surface area contributed by atoms with E-state index in [0.717, 1.165) is 109 Å². The van der Waals surface area contributed by atoms with E-state index in [1.807, 2.05) is 0 Å².